The Bertz CT molecular complexity index is 527. The first-order valence-electron chi connectivity index (χ1n) is 4.45. The molecule has 2 rings (SSSR count). The summed E-state index contributed by atoms with van der Waals surface area (Å²) >= 11 is 1.40. The Morgan fingerprint density at radius 2 is 2.31 bits per heavy atom. The molecule has 0 aromatic carbocycles. The van der Waals surface area contributed by atoms with E-state index in [0.717, 1.165) is 11.3 Å². The van der Waals surface area contributed by atoms with Crippen LogP contribution >= 0.6 is 11.8 Å². The van der Waals surface area contributed by atoms with Crippen molar-refractivity contribution in [2.45, 2.75) is 10.8 Å². The van der Waals surface area contributed by atoms with E-state index >= 15 is 0 Å². The Morgan fingerprint density at radius 1 is 1.44 bits per heavy atom. The molecule has 82 valence electrons. The minimum atomic E-state index is -0.444. The molecule has 0 unspecified atom stereocenters. The second kappa shape index (κ2) is 4.80. The topological polar surface area (TPSA) is 76.2 Å². The lowest BCUT2D eigenvalue weighted by Crippen LogP contribution is -1.99. The second-order valence-electron chi connectivity index (χ2n) is 2.93. The Hall–Kier alpha value is -1.82. The van der Waals surface area contributed by atoms with E-state index in [9.17, 15) is 4.79 Å². The largest absolute Gasteiger partial charge is 0.502 e. The van der Waals surface area contributed by atoms with E-state index in [1.807, 2.05) is 0 Å². The molecule has 2 aromatic rings. The Balaban J connectivity index is 2.05. The van der Waals surface area contributed by atoms with Gasteiger partial charge in [0.25, 0.3) is 0 Å². The molecule has 5 nitrogen and oxygen atoms in total. The predicted molar refractivity (Wildman–Crippen MR) is 58.2 cm³/mol. The van der Waals surface area contributed by atoms with E-state index in [1.54, 1.807) is 18.6 Å². The molecular weight excluding hydrogens is 228 g/mol. The van der Waals surface area contributed by atoms with Gasteiger partial charge in [-0.15, -0.1) is 0 Å². The summed E-state index contributed by atoms with van der Waals surface area (Å²) in [5, 5.41) is 9.74. The molecule has 16 heavy (non-hydrogen) atoms. The fourth-order valence-electron chi connectivity index (χ4n) is 1.02. The van der Waals surface area contributed by atoms with Crippen LogP contribution in [0.1, 0.15) is 5.76 Å². The smallest absolute Gasteiger partial charge is 0.226 e. The van der Waals surface area contributed by atoms with Gasteiger partial charge in [-0.05, 0) is 0 Å². The van der Waals surface area contributed by atoms with Crippen molar-refractivity contribution >= 4 is 11.8 Å². The molecular formula is C10H8N2O3S. The van der Waals surface area contributed by atoms with Gasteiger partial charge >= 0.3 is 0 Å². The van der Waals surface area contributed by atoms with E-state index in [4.69, 9.17) is 9.52 Å². The number of hydrogen-bond donors (Lipinski definition) is 1. The quantitative estimate of drug-likeness (QED) is 0.812. The maximum absolute atomic E-state index is 11.1. The molecule has 6 heteroatoms. The van der Waals surface area contributed by atoms with Gasteiger partial charge in [-0.2, -0.15) is 0 Å². The molecule has 1 N–H and O–H groups in total. The van der Waals surface area contributed by atoms with Crippen LogP contribution in [0.3, 0.4) is 0 Å². The van der Waals surface area contributed by atoms with Gasteiger partial charge in [-0.25, -0.2) is 4.98 Å². The van der Waals surface area contributed by atoms with Crippen LogP contribution in [0.25, 0.3) is 0 Å². The van der Waals surface area contributed by atoms with E-state index in [0.29, 0.717) is 11.5 Å². The Morgan fingerprint density at radius 3 is 3.00 bits per heavy atom. The molecule has 0 aliphatic carbocycles. The average Bonchev–Trinajstić information content (AvgIpc) is 2.32. The zero-order chi connectivity index (χ0) is 11.4. The van der Waals surface area contributed by atoms with Gasteiger partial charge in [-0.3, -0.25) is 9.78 Å². The zero-order valence-electron chi connectivity index (χ0n) is 8.16. The molecule has 0 saturated carbocycles. The molecule has 0 spiro atoms. The summed E-state index contributed by atoms with van der Waals surface area (Å²) in [6, 6.07) is 1.26. The van der Waals surface area contributed by atoms with E-state index < -0.39 is 5.43 Å². The van der Waals surface area contributed by atoms with Crippen molar-refractivity contribution in [1.29, 1.82) is 0 Å². The molecule has 2 aromatic heterocycles. The fraction of sp³-hybridized carbons (Fsp3) is 0.100. The summed E-state index contributed by atoms with van der Waals surface area (Å²) in [5.41, 5.74) is -0.444. The van der Waals surface area contributed by atoms with Crippen LogP contribution in [0.4, 0.5) is 0 Å². The van der Waals surface area contributed by atoms with Crippen molar-refractivity contribution in [2.24, 2.45) is 0 Å². The third-order valence-corrected chi connectivity index (χ3v) is 2.70. The highest BCUT2D eigenvalue weighted by atomic mass is 32.2. The second-order valence-corrected chi connectivity index (χ2v) is 3.92. The predicted octanol–water partition coefficient (Wildman–Crippen LogP) is 1.43. The van der Waals surface area contributed by atoms with Crippen LogP contribution in [0, 0.1) is 0 Å². The highest BCUT2D eigenvalue weighted by Gasteiger charge is 2.03. The van der Waals surface area contributed by atoms with Crippen LogP contribution in [-0.4, -0.2) is 15.1 Å². The summed E-state index contributed by atoms with van der Waals surface area (Å²) in [6.07, 6.45) is 5.85. The molecule has 0 radical (unpaired) electrons. The lowest BCUT2D eigenvalue weighted by atomic mass is 10.4. The molecule has 2 heterocycles. The zero-order valence-corrected chi connectivity index (χ0v) is 8.98. The molecule has 0 fully saturated rings. The van der Waals surface area contributed by atoms with E-state index in [-0.39, 0.29) is 5.75 Å². The lowest BCUT2D eigenvalue weighted by Gasteiger charge is -1.99. The van der Waals surface area contributed by atoms with Gasteiger partial charge in [-0.1, -0.05) is 11.8 Å². The lowest BCUT2D eigenvalue weighted by molar-refractivity contribution is 0.419. The Kier molecular flexibility index (Phi) is 3.21. The monoisotopic (exact) mass is 236 g/mol. The van der Waals surface area contributed by atoms with Crippen LogP contribution in [0.2, 0.25) is 0 Å². The first kappa shape index (κ1) is 10.7. The number of aromatic nitrogens is 2. The molecule has 0 atom stereocenters. The number of nitrogens with zero attached hydrogens (tertiary/aromatic N) is 2. The maximum Gasteiger partial charge on any atom is 0.226 e. The molecule has 0 aliphatic heterocycles. The minimum Gasteiger partial charge on any atom is -0.502 e. The van der Waals surface area contributed by atoms with Crippen LogP contribution in [0.5, 0.6) is 5.75 Å². The third-order valence-electron chi connectivity index (χ3n) is 1.77. The normalized spacial score (nSPS) is 10.2. The standard InChI is InChI=1S/C10H8N2O3S/c13-8-3-7(15-5-9(8)14)6-16-10-4-11-1-2-12-10/h1-5,14H,6H2. The van der Waals surface area contributed by atoms with Gasteiger partial charge in [0.2, 0.25) is 5.43 Å². The first-order valence-corrected chi connectivity index (χ1v) is 5.44. The van der Waals surface area contributed by atoms with Crippen molar-refractivity contribution in [3.05, 3.63) is 46.9 Å². The average molecular weight is 236 g/mol. The molecule has 0 bridgehead atoms. The number of thioether (sulfide) groups is 1. The fourth-order valence-corrected chi connectivity index (χ4v) is 1.74. The van der Waals surface area contributed by atoms with Crippen LogP contribution < -0.4 is 5.43 Å². The van der Waals surface area contributed by atoms with Crippen molar-refractivity contribution in [1.82, 2.24) is 9.97 Å². The van der Waals surface area contributed by atoms with Crippen molar-refractivity contribution in [3.63, 3.8) is 0 Å². The number of aromatic hydroxyl groups is 1. The summed E-state index contributed by atoms with van der Waals surface area (Å²) in [6.45, 7) is 0. The van der Waals surface area contributed by atoms with Crippen molar-refractivity contribution in [3.8, 4) is 5.75 Å². The summed E-state index contributed by atoms with van der Waals surface area (Å²) in [4.78, 5) is 19.1. The molecule has 0 aliphatic rings. The highest BCUT2D eigenvalue weighted by Crippen LogP contribution is 2.19. The van der Waals surface area contributed by atoms with Gasteiger partial charge in [0.1, 0.15) is 17.0 Å². The first-order chi connectivity index (χ1) is 7.75. The molecule has 0 amide bonds. The van der Waals surface area contributed by atoms with Gasteiger partial charge < -0.3 is 9.52 Å². The minimum absolute atomic E-state index is 0.381. The SMILES string of the molecule is O=c1cc(CSc2cnccn2)occ1O. The maximum atomic E-state index is 11.1. The summed E-state index contributed by atoms with van der Waals surface area (Å²) in [5.74, 6) is 0.570. The number of hydrogen-bond acceptors (Lipinski definition) is 6. The highest BCUT2D eigenvalue weighted by molar-refractivity contribution is 7.98. The van der Waals surface area contributed by atoms with Gasteiger partial charge in [0, 0.05) is 18.5 Å². The summed E-state index contributed by atoms with van der Waals surface area (Å²) < 4.78 is 5.04. The van der Waals surface area contributed by atoms with Crippen molar-refractivity contribution < 1.29 is 9.52 Å². The van der Waals surface area contributed by atoms with Crippen LogP contribution in [0.15, 0.2) is 45.2 Å². The third kappa shape index (κ3) is 2.60. The number of rotatable bonds is 3. The summed E-state index contributed by atoms with van der Waals surface area (Å²) in [7, 11) is 0. The van der Waals surface area contributed by atoms with E-state index in [1.165, 1.54) is 17.8 Å². The van der Waals surface area contributed by atoms with Gasteiger partial charge in [0.15, 0.2) is 5.75 Å². The van der Waals surface area contributed by atoms with Gasteiger partial charge in [0.05, 0.1) is 11.9 Å². The van der Waals surface area contributed by atoms with Crippen LogP contribution in [-0.2, 0) is 5.75 Å². The van der Waals surface area contributed by atoms with Crippen molar-refractivity contribution in [2.75, 3.05) is 0 Å². The molecule has 0 saturated heterocycles. The Labute approximate surface area is 95.2 Å². The van der Waals surface area contributed by atoms with E-state index in [2.05, 4.69) is 9.97 Å².